The minimum Gasteiger partial charge on any atom is -0.325 e. The van der Waals surface area contributed by atoms with Crippen LogP contribution in [0.3, 0.4) is 0 Å². The van der Waals surface area contributed by atoms with Crippen molar-refractivity contribution in [2.45, 2.75) is 45.1 Å². The number of nitrogens with zero attached hydrogens (tertiary/aromatic N) is 1. The highest BCUT2D eigenvalue weighted by Crippen LogP contribution is 2.21. The third kappa shape index (κ3) is 4.73. The average Bonchev–Trinajstić information content (AvgIpc) is 2.41. The van der Waals surface area contributed by atoms with Crippen molar-refractivity contribution in [1.29, 1.82) is 0 Å². The summed E-state index contributed by atoms with van der Waals surface area (Å²) in [6.45, 7) is 10.2. The Hall–Kier alpha value is -1.56. The monoisotopic (exact) mass is 326 g/mol. The summed E-state index contributed by atoms with van der Waals surface area (Å²) >= 11 is 0. The van der Waals surface area contributed by atoms with Crippen molar-refractivity contribution in [2.75, 3.05) is 18.4 Å². The summed E-state index contributed by atoms with van der Waals surface area (Å²) in [6.07, 6.45) is 0. The van der Waals surface area contributed by atoms with Crippen molar-refractivity contribution in [3.05, 3.63) is 29.8 Å². The van der Waals surface area contributed by atoms with Gasteiger partial charge in [0.15, 0.2) is 9.84 Å². The zero-order chi connectivity index (χ0) is 17.0. The van der Waals surface area contributed by atoms with E-state index in [9.17, 15) is 13.2 Å². The molecule has 0 aliphatic rings. The lowest BCUT2D eigenvalue weighted by molar-refractivity contribution is 0.217. The molecule has 0 aliphatic carbocycles. The van der Waals surface area contributed by atoms with Crippen molar-refractivity contribution in [1.82, 2.24) is 4.90 Å². The molecule has 0 radical (unpaired) electrons. The van der Waals surface area contributed by atoms with E-state index < -0.39 is 14.6 Å². The summed E-state index contributed by atoms with van der Waals surface area (Å²) < 4.78 is 23.6. The molecule has 1 rings (SSSR count). The quantitative estimate of drug-likeness (QED) is 0.903. The zero-order valence-corrected chi connectivity index (χ0v) is 14.8. The van der Waals surface area contributed by atoms with E-state index in [-0.39, 0.29) is 11.8 Å². The first kappa shape index (κ1) is 18.5. The van der Waals surface area contributed by atoms with Crippen LogP contribution in [-0.4, -0.2) is 37.2 Å². The Balaban J connectivity index is 2.78. The lowest BCUT2D eigenvalue weighted by atomic mass is 10.2. The molecule has 0 spiro atoms. The molecule has 5 nitrogen and oxygen atoms in total. The van der Waals surface area contributed by atoms with E-state index in [1.54, 1.807) is 49.9 Å². The summed E-state index contributed by atoms with van der Waals surface area (Å²) in [6, 6.07) is 6.78. The molecule has 1 aromatic rings. The smallest absolute Gasteiger partial charge is 0.321 e. The van der Waals surface area contributed by atoms with Crippen LogP contribution in [0.5, 0.6) is 0 Å². The molecule has 1 aromatic carbocycles. The number of hydrogen-bond donors (Lipinski definition) is 1. The number of benzene rings is 1. The Morgan fingerprint density at radius 3 is 2.00 bits per heavy atom. The van der Waals surface area contributed by atoms with Gasteiger partial charge < -0.3 is 10.2 Å². The number of amides is 2. The minimum absolute atomic E-state index is 0.000765. The first-order chi connectivity index (χ1) is 10.1. The van der Waals surface area contributed by atoms with Crippen LogP contribution in [0.15, 0.2) is 24.3 Å². The molecule has 0 bridgehead atoms. The van der Waals surface area contributed by atoms with Crippen LogP contribution in [0.4, 0.5) is 10.5 Å². The van der Waals surface area contributed by atoms with Crippen LogP contribution < -0.4 is 5.32 Å². The second-order valence-corrected chi connectivity index (χ2v) is 8.91. The summed E-state index contributed by atoms with van der Waals surface area (Å²) in [5, 5.41) is 2.80. The van der Waals surface area contributed by atoms with Crippen LogP contribution in [0, 0.1) is 0 Å². The van der Waals surface area contributed by atoms with Gasteiger partial charge in [0.2, 0.25) is 0 Å². The summed E-state index contributed by atoms with van der Waals surface area (Å²) in [5.74, 6) is 0.000765. The van der Waals surface area contributed by atoms with E-state index in [0.717, 1.165) is 5.56 Å². The summed E-state index contributed by atoms with van der Waals surface area (Å²) in [4.78, 5) is 13.6. The van der Waals surface area contributed by atoms with Gasteiger partial charge in [-0.2, -0.15) is 0 Å². The van der Waals surface area contributed by atoms with E-state index in [4.69, 9.17) is 0 Å². The Morgan fingerprint density at radius 2 is 1.59 bits per heavy atom. The maximum atomic E-state index is 12.2. The van der Waals surface area contributed by atoms with Gasteiger partial charge in [0.1, 0.15) is 0 Å². The maximum Gasteiger partial charge on any atom is 0.321 e. The predicted octanol–water partition coefficient (Wildman–Crippen LogP) is 3.27. The molecule has 0 fully saturated rings. The Bertz CT molecular complexity index is 597. The molecule has 0 atom stereocenters. The van der Waals surface area contributed by atoms with E-state index in [0.29, 0.717) is 18.8 Å². The molecule has 124 valence electrons. The van der Waals surface area contributed by atoms with Crippen LogP contribution in [0.25, 0.3) is 0 Å². The number of carbonyl (C=O) groups is 1. The van der Waals surface area contributed by atoms with E-state index in [2.05, 4.69) is 5.32 Å². The van der Waals surface area contributed by atoms with Gasteiger partial charge in [0.25, 0.3) is 0 Å². The van der Waals surface area contributed by atoms with Crippen molar-refractivity contribution in [3.8, 4) is 0 Å². The van der Waals surface area contributed by atoms with Gasteiger partial charge in [-0.05, 0) is 52.3 Å². The number of hydrogen-bond acceptors (Lipinski definition) is 3. The topological polar surface area (TPSA) is 66.5 Å². The highest BCUT2D eigenvalue weighted by molar-refractivity contribution is 7.91. The number of sulfone groups is 1. The fraction of sp³-hybridized carbons (Fsp3) is 0.562. The van der Waals surface area contributed by atoms with Crippen LogP contribution >= 0.6 is 0 Å². The van der Waals surface area contributed by atoms with Gasteiger partial charge in [0.05, 0.1) is 10.5 Å². The lowest BCUT2D eigenvalue weighted by Crippen LogP contribution is -2.34. The Kier molecular flexibility index (Phi) is 6.00. The standard InChI is InChI=1S/C16H26N2O3S/c1-6-18(7-2)15(19)17-14-10-8-13(9-11-14)12-22(20,21)16(3,4)5/h8-11H,6-7,12H2,1-5H3,(H,17,19). The largest absolute Gasteiger partial charge is 0.325 e. The zero-order valence-electron chi connectivity index (χ0n) is 14.0. The van der Waals surface area contributed by atoms with Gasteiger partial charge in [-0.1, -0.05) is 12.1 Å². The molecule has 0 unspecified atom stereocenters. The molecular weight excluding hydrogens is 300 g/mol. The van der Waals surface area contributed by atoms with Gasteiger partial charge in [-0.3, -0.25) is 0 Å². The second kappa shape index (κ2) is 7.13. The fourth-order valence-electron chi connectivity index (χ4n) is 1.83. The van der Waals surface area contributed by atoms with E-state index in [1.165, 1.54) is 0 Å². The number of anilines is 1. The van der Waals surface area contributed by atoms with Crippen LogP contribution in [0.2, 0.25) is 0 Å². The molecule has 0 saturated carbocycles. The Morgan fingerprint density at radius 1 is 1.09 bits per heavy atom. The fourth-order valence-corrected chi connectivity index (χ4v) is 2.90. The molecule has 1 N–H and O–H groups in total. The second-order valence-electron chi connectivity index (χ2n) is 6.17. The van der Waals surface area contributed by atoms with Gasteiger partial charge >= 0.3 is 6.03 Å². The molecule has 0 heterocycles. The molecular formula is C16H26N2O3S. The maximum absolute atomic E-state index is 12.2. The van der Waals surface area contributed by atoms with Crippen LogP contribution in [0.1, 0.15) is 40.2 Å². The number of urea groups is 1. The average molecular weight is 326 g/mol. The number of carbonyl (C=O) groups excluding carboxylic acids is 1. The molecule has 0 aliphatic heterocycles. The van der Waals surface area contributed by atoms with Crippen LogP contribution in [-0.2, 0) is 15.6 Å². The van der Waals surface area contributed by atoms with Crippen molar-refractivity contribution in [2.24, 2.45) is 0 Å². The number of nitrogens with one attached hydrogen (secondary N) is 1. The van der Waals surface area contributed by atoms with Gasteiger partial charge in [-0.15, -0.1) is 0 Å². The Labute approximate surface area is 133 Å². The third-order valence-corrected chi connectivity index (χ3v) is 6.12. The summed E-state index contributed by atoms with van der Waals surface area (Å²) in [5.41, 5.74) is 1.38. The van der Waals surface area contributed by atoms with E-state index >= 15 is 0 Å². The van der Waals surface area contributed by atoms with Crippen molar-refractivity contribution < 1.29 is 13.2 Å². The predicted molar refractivity (Wildman–Crippen MR) is 90.8 cm³/mol. The van der Waals surface area contributed by atoms with E-state index in [1.807, 2.05) is 13.8 Å². The highest BCUT2D eigenvalue weighted by Gasteiger charge is 2.28. The normalized spacial score (nSPS) is 12.0. The highest BCUT2D eigenvalue weighted by atomic mass is 32.2. The third-order valence-electron chi connectivity index (χ3n) is 3.55. The van der Waals surface area contributed by atoms with Crippen molar-refractivity contribution in [3.63, 3.8) is 0 Å². The van der Waals surface area contributed by atoms with Gasteiger partial charge in [-0.25, -0.2) is 13.2 Å². The minimum atomic E-state index is -3.20. The van der Waals surface area contributed by atoms with Gasteiger partial charge in [0, 0.05) is 18.8 Å². The summed E-state index contributed by atoms with van der Waals surface area (Å²) in [7, 11) is -3.20. The molecule has 2 amide bonds. The first-order valence-electron chi connectivity index (χ1n) is 7.48. The SMILES string of the molecule is CCN(CC)C(=O)Nc1ccc(CS(=O)(=O)C(C)(C)C)cc1. The van der Waals surface area contributed by atoms with Crippen molar-refractivity contribution >= 4 is 21.6 Å². The lowest BCUT2D eigenvalue weighted by Gasteiger charge is -2.20. The molecule has 6 heteroatoms. The molecule has 0 saturated heterocycles. The first-order valence-corrected chi connectivity index (χ1v) is 9.13. The molecule has 22 heavy (non-hydrogen) atoms. The number of rotatable bonds is 5. The molecule has 0 aromatic heterocycles.